The van der Waals surface area contributed by atoms with Gasteiger partial charge in [0.25, 0.3) is 5.91 Å². The molecule has 0 unspecified atom stereocenters. The molecule has 0 saturated carbocycles. The molecule has 24 heavy (non-hydrogen) atoms. The van der Waals surface area contributed by atoms with Gasteiger partial charge in [0.05, 0.1) is 27.2 Å². The van der Waals surface area contributed by atoms with Gasteiger partial charge in [0, 0.05) is 25.0 Å². The van der Waals surface area contributed by atoms with Crippen LogP contribution in [0.5, 0.6) is 0 Å². The number of carbonyl (C=O) groups is 2. The number of nitrogens with zero attached hydrogens (tertiary/aromatic N) is 2. The lowest BCUT2D eigenvalue weighted by atomic mass is 9.97. The molecule has 1 fully saturated rings. The second kappa shape index (κ2) is 7.27. The van der Waals surface area contributed by atoms with Gasteiger partial charge in [-0.3, -0.25) is 9.59 Å². The number of halogens is 1. The third-order valence-corrected chi connectivity index (χ3v) is 6.34. The maximum atomic E-state index is 12.9. The highest BCUT2D eigenvalue weighted by Crippen LogP contribution is 2.34. The van der Waals surface area contributed by atoms with Crippen LogP contribution in [0.15, 0.2) is 15.9 Å². The Labute approximate surface area is 153 Å². The third-order valence-electron chi connectivity index (χ3n) is 4.51. The molecule has 7 heteroatoms. The van der Waals surface area contributed by atoms with E-state index in [2.05, 4.69) is 25.9 Å². The Morgan fingerprint density at radius 3 is 2.67 bits per heavy atom. The summed E-state index contributed by atoms with van der Waals surface area (Å²) in [5.74, 6) is -0.162. The lowest BCUT2D eigenvalue weighted by molar-refractivity contribution is -0.149. The minimum atomic E-state index is -0.133. The molecule has 0 radical (unpaired) electrons. The molecule has 0 aliphatic carbocycles. The van der Waals surface area contributed by atoms with Crippen LogP contribution in [0.25, 0.3) is 10.2 Å². The number of amides is 1. The molecule has 5 nitrogen and oxygen atoms in total. The summed E-state index contributed by atoms with van der Waals surface area (Å²) in [5, 5.41) is 2.05. The molecular formula is C17H21BrN2O3S. The molecule has 0 bridgehead atoms. The first-order valence-corrected chi connectivity index (χ1v) is 9.96. The number of carbonyl (C=O) groups excluding carboxylic acids is 2. The van der Waals surface area contributed by atoms with Gasteiger partial charge in [-0.1, -0.05) is 0 Å². The van der Waals surface area contributed by atoms with Crippen LogP contribution >= 0.6 is 27.3 Å². The van der Waals surface area contributed by atoms with E-state index in [1.807, 2.05) is 24.8 Å². The van der Waals surface area contributed by atoms with Crippen LogP contribution in [0.2, 0.25) is 0 Å². The molecule has 3 rings (SSSR count). The second-order valence-corrected chi connectivity index (χ2v) is 7.65. The van der Waals surface area contributed by atoms with Crippen molar-refractivity contribution in [2.75, 3.05) is 19.7 Å². The Kier molecular flexibility index (Phi) is 5.30. The molecular weight excluding hydrogens is 392 g/mol. The highest BCUT2D eigenvalue weighted by Gasteiger charge is 2.30. The minimum Gasteiger partial charge on any atom is -0.466 e. The quantitative estimate of drug-likeness (QED) is 0.715. The van der Waals surface area contributed by atoms with Crippen molar-refractivity contribution in [3.63, 3.8) is 0 Å². The SMILES string of the molecule is CCOC(=O)C1CCN(C(=O)c2cc3scc(Br)c3n2CC)CC1. The van der Waals surface area contributed by atoms with Crippen LogP contribution in [-0.2, 0) is 16.1 Å². The van der Waals surface area contributed by atoms with E-state index >= 15 is 0 Å². The average Bonchev–Trinajstić information content (AvgIpc) is 3.14. The van der Waals surface area contributed by atoms with Gasteiger partial charge in [0.15, 0.2) is 0 Å². The normalized spacial score (nSPS) is 15.9. The zero-order valence-corrected chi connectivity index (χ0v) is 16.3. The first-order chi connectivity index (χ1) is 11.6. The number of fused-ring (bicyclic) bond motifs is 1. The zero-order valence-electron chi connectivity index (χ0n) is 13.9. The van der Waals surface area contributed by atoms with Gasteiger partial charge in [0.2, 0.25) is 0 Å². The summed E-state index contributed by atoms with van der Waals surface area (Å²) in [5.41, 5.74) is 1.82. The van der Waals surface area contributed by atoms with Crippen LogP contribution < -0.4 is 0 Å². The number of esters is 1. The summed E-state index contributed by atoms with van der Waals surface area (Å²) >= 11 is 5.21. The maximum Gasteiger partial charge on any atom is 0.309 e. The van der Waals surface area contributed by atoms with Gasteiger partial charge in [-0.05, 0) is 48.7 Å². The molecule has 0 atom stereocenters. The van der Waals surface area contributed by atoms with Crippen molar-refractivity contribution < 1.29 is 14.3 Å². The molecule has 0 aromatic carbocycles. The van der Waals surface area contributed by atoms with E-state index < -0.39 is 0 Å². The van der Waals surface area contributed by atoms with Gasteiger partial charge in [-0.25, -0.2) is 0 Å². The Bertz CT molecular complexity index is 759. The molecule has 1 aliphatic heterocycles. The van der Waals surface area contributed by atoms with E-state index in [-0.39, 0.29) is 17.8 Å². The number of rotatable bonds is 4. The molecule has 130 valence electrons. The van der Waals surface area contributed by atoms with E-state index in [1.165, 1.54) is 0 Å². The highest BCUT2D eigenvalue weighted by molar-refractivity contribution is 9.10. The maximum absolute atomic E-state index is 12.9. The van der Waals surface area contributed by atoms with Gasteiger partial charge in [-0.2, -0.15) is 0 Å². The molecule has 3 heterocycles. The van der Waals surface area contributed by atoms with Gasteiger partial charge in [-0.15, -0.1) is 11.3 Å². The number of piperidine rings is 1. The molecule has 0 N–H and O–H groups in total. The van der Waals surface area contributed by atoms with E-state index in [9.17, 15) is 9.59 Å². The molecule has 1 saturated heterocycles. The van der Waals surface area contributed by atoms with Crippen molar-refractivity contribution in [1.82, 2.24) is 9.47 Å². The third kappa shape index (κ3) is 3.11. The number of hydrogen-bond donors (Lipinski definition) is 0. The van der Waals surface area contributed by atoms with Crippen LogP contribution in [0.1, 0.15) is 37.2 Å². The number of aryl methyl sites for hydroxylation is 1. The predicted molar refractivity (Wildman–Crippen MR) is 98.4 cm³/mol. The zero-order chi connectivity index (χ0) is 17.3. The summed E-state index contributed by atoms with van der Waals surface area (Å²) < 4.78 is 9.31. The first kappa shape index (κ1) is 17.5. The number of hydrogen-bond acceptors (Lipinski definition) is 4. The second-order valence-electron chi connectivity index (χ2n) is 5.89. The van der Waals surface area contributed by atoms with E-state index in [0.717, 1.165) is 26.9 Å². The molecule has 2 aromatic heterocycles. The number of thiophene rings is 1. The average molecular weight is 413 g/mol. The van der Waals surface area contributed by atoms with Crippen molar-refractivity contribution in [3.05, 3.63) is 21.6 Å². The summed E-state index contributed by atoms with van der Waals surface area (Å²) in [7, 11) is 0. The Balaban J connectivity index is 1.75. The smallest absolute Gasteiger partial charge is 0.309 e. The van der Waals surface area contributed by atoms with Crippen LogP contribution in [0.4, 0.5) is 0 Å². The fourth-order valence-corrected chi connectivity index (χ4v) is 4.97. The van der Waals surface area contributed by atoms with Crippen molar-refractivity contribution in [1.29, 1.82) is 0 Å². The molecule has 1 aliphatic rings. The summed E-state index contributed by atoms with van der Waals surface area (Å²) in [4.78, 5) is 26.6. The number of likely N-dealkylation sites (tertiary alicyclic amines) is 1. The van der Waals surface area contributed by atoms with Gasteiger partial charge in [0.1, 0.15) is 5.69 Å². The standard InChI is InChI=1S/C17H21BrN2O3S/c1-3-20-13(9-14-15(20)12(18)10-24-14)16(21)19-7-5-11(6-8-19)17(22)23-4-2/h9-11H,3-8H2,1-2H3. The number of ether oxygens (including phenoxy) is 1. The summed E-state index contributed by atoms with van der Waals surface area (Å²) in [6, 6.07) is 1.98. The molecule has 2 aromatic rings. The van der Waals surface area contributed by atoms with Crippen LogP contribution in [0.3, 0.4) is 0 Å². The lowest BCUT2D eigenvalue weighted by Gasteiger charge is -2.31. The van der Waals surface area contributed by atoms with E-state index in [1.54, 1.807) is 11.3 Å². The lowest BCUT2D eigenvalue weighted by Crippen LogP contribution is -2.41. The van der Waals surface area contributed by atoms with Crippen molar-refractivity contribution >= 4 is 49.4 Å². The highest BCUT2D eigenvalue weighted by atomic mass is 79.9. The monoisotopic (exact) mass is 412 g/mol. The van der Waals surface area contributed by atoms with Gasteiger partial charge >= 0.3 is 5.97 Å². The Hall–Kier alpha value is -1.34. The summed E-state index contributed by atoms with van der Waals surface area (Å²) in [6.07, 6.45) is 1.35. The fourth-order valence-electron chi connectivity index (χ4n) is 3.28. The van der Waals surface area contributed by atoms with Crippen molar-refractivity contribution in [2.45, 2.75) is 33.2 Å². The van der Waals surface area contributed by atoms with Crippen LogP contribution in [-0.4, -0.2) is 41.0 Å². The van der Waals surface area contributed by atoms with Crippen LogP contribution in [0, 0.1) is 5.92 Å². The van der Waals surface area contributed by atoms with Crippen molar-refractivity contribution in [2.24, 2.45) is 5.92 Å². The Morgan fingerprint density at radius 2 is 2.04 bits per heavy atom. The van der Waals surface area contributed by atoms with Crippen molar-refractivity contribution in [3.8, 4) is 0 Å². The van der Waals surface area contributed by atoms with Gasteiger partial charge < -0.3 is 14.2 Å². The first-order valence-electron chi connectivity index (χ1n) is 8.28. The minimum absolute atomic E-state index is 0.0504. The number of aromatic nitrogens is 1. The predicted octanol–water partition coefficient (Wildman–Crippen LogP) is 3.90. The summed E-state index contributed by atoms with van der Waals surface area (Å²) in [6.45, 7) is 6.23. The molecule has 1 amide bonds. The molecule has 0 spiro atoms. The van der Waals surface area contributed by atoms with E-state index in [0.29, 0.717) is 32.5 Å². The Morgan fingerprint density at radius 1 is 1.33 bits per heavy atom. The van der Waals surface area contributed by atoms with E-state index in [4.69, 9.17) is 4.74 Å². The topological polar surface area (TPSA) is 51.5 Å². The largest absolute Gasteiger partial charge is 0.466 e. The fraction of sp³-hybridized carbons (Fsp3) is 0.529.